The highest BCUT2D eigenvalue weighted by Crippen LogP contribution is 2.30. The molecule has 8 heteroatoms. The van der Waals surface area contributed by atoms with Gasteiger partial charge < -0.3 is 10.4 Å². The molecule has 2 aromatic heterocycles. The molecule has 0 radical (unpaired) electrons. The van der Waals surface area contributed by atoms with Crippen LogP contribution in [0.4, 0.5) is 11.6 Å². The van der Waals surface area contributed by atoms with E-state index in [4.69, 9.17) is 23.2 Å². The van der Waals surface area contributed by atoms with Crippen molar-refractivity contribution in [1.82, 2.24) is 14.8 Å². The largest absolute Gasteiger partial charge is 0.478 e. The van der Waals surface area contributed by atoms with Crippen molar-refractivity contribution in [1.29, 1.82) is 0 Å². The van der Waals surface area contributed by atoms with Gasteiger partial charge in [-0.15, -0.1) is 0 Å². The topological polar surface area (TPSA) is 80.0 Å². The Labute approximate surface area is 131 Å². The number of nitrogens with one attached hydrogen (secondary N) is 1. The highest BCUT2D eigenvalue weighted by molar-refractivity contribution is 6.36. The van der Waals surface area contributed by atoms with Crippen molar-refractivity contribution >= 4 is 40.8 Å². The Kier molecular flexibility index (Phi) is 4.39. The van der Waals surface area contributed by atoms with Crippen molar-refractivity contribution in [2.45, 2.75) is 26.8 Å². The lowest BCUT2D eigenvalue weighted by atomic mass is 10.2. The Morgan fingerprint density at radius 3 is 2.67 bits per heavy atom. The minimum Gasteiger partial charge on any atom is -0.478 e. The number of halogens is 2. The third kappa shape index (κ3) is 3.11. The quantitative estimate of drug-likeness (QED) is 0.831. The SMILES string of the molecule is Cc1cnn(C(C)C)c1Nc1nc(Cl)cc(Cl)c1C(=O)O. The van der Waals surface area contributed by atoms with E-state index in [-0.39, 0.29) is 27.6 Å². The number of rotatable bonds is 4. The van der Waals surface area contributed by atoms with Crippen molar-refractivity contribution in [3.05, 3.63) is 33.6 Å². The normalized spacial score (nSPS) is 11.0. The molecule has 0 aromatic carbocycles. The minimum absolute atomic E-state index is 0.0262. The summed E-state index contributed by atoms with van der Waals surface area (Å²) >= 11 is 11.8. The predicted molar refractivity (Wildman–Crippen MR) is 81.8 cm³/mol. The molecule has 0 atom stereocenters. The van der Waals surface area contributed by atoms with Crippen LogP contribution in [0.25, 0.3) is 0 Å². The summed E-state index contributed by atoms with van der Waals surface area (Å²) in [7, 11) is 0. The summed E-state index contributed by atoms with van der Waals surface area (Å²) in [5.74, 6) is -0.441. The highest BCUT2D eigenvalue weighted by atomic mass is 35.5. The fourth-order valence-electron chi connectivity index (χ4n) is 1.89. The highest BCUT2D eigenvalue weighted by Gasteiger charge is 2.20. The van der Waals surface area contributed by atoms with Gasteiger partial charge in [-0.25, -0.2) is 14.5 Å². The second-order valence-corrected chi connectivity index (χ2v) is 5.59. The second kappa shape index (κ2) is 5.91. The van der Waals surface area contributed by atoms with Crippen LogP contribution in [-0.2, 0) is 0 Å². The molecule has 0 saturated carbocycles. The van der Waals surface area contributed by atoms with Gasteiger partial charge in [0.05, 0.1) is 11.2 Å². The van der Waals surface area contributed by atoms with E-state index < -0.39 is 5.97 Å². The predicted octanol–water partition coefficient (Wildman–Crippen LogP) is 3.92. The molecule has 2 heterocycles. The molecule has 0 aliphatic rings. The average molecular weight is 329 g/mol. The first-order valence-electron chi connectivity index (χ1n) is 6.21. The number of hydrogen-bond acceptors (Lipinski definition) is 4. The Morgan fingerprint density at radius 1 is 1.43 bits per heavy atom. The number of carbonyl (C=O) groups is 1. The van der Waals surface area contributed by atoms with Crippen LogP contribution in [0.2, 0.25) is 10.2 Å². The number of carboxylic acids is 1. The first-order valence-corrected chi connectivity index (χ1v) is 6.97. The van der Waals surface area contributed by atoms with Gasteiger partial charge >= 0.3 is 5.97 Å². The van der Waals surface area contributed by atoms with Crippen molar-refractivity contribution in [3.8, 4) is 0 Å². The third-order valence-corrected chi connectivity index (χ3v) is 3.35. The van der Waals surface area contributed by atoms with Crippen LogP contribution >= 0.6 is 23.2 Å². The van der Waals surface area contributed by atoms with Gasteiger partial charge in [-0.1, -0.05) is 23.2 Å². The standard InChI is InChI=1S/C13H14Cl2N4O2/c1-6(2)19-12(7(3)5-16-19)18-11-10(13(20)21)8(14)4-9(15)17-11/h4-6H,1-3H3,(H,17,18)(H,20,21). The summed E-state index contributed by atoms with van der Waals surface area (Å²) < 4.78 is 1.73. The zero-order valence-electron chi connectivity index (χ0n) is 11.7. The Balaban J connectivity index is 2.54. The number of pyridine rings is 1. The zero-order chi connectivity index (χ0) is 15.7. The molecular formula is C13H14Cl2N4O2. The lowest BCUT2D eigenvalue weighted by Gasteiger charge is -2.15. The van der Waals surface area contributed by atoms with Gasteiger partial charge in [0.25, 0.3) is 0 Å². The number of anilines is 2. The first-order chi connectivity index (χ1) is 9.81. The summed E-state index contributed by atoms with van der Waals surface area (Å²) in [5.41, 5.74) is 0.731. The molecule has 2 aromatic rings. The fraction of sp³-hybridized carbons (Fsp3) is 0.308. The van der Waals surface area contributed by atoms with Crippen LogP contribution in [0, 0.1) is 6.92 Å². The van der Waals surface area contributed by atoms with Crippen molar-refractivity contribution < 1.29 is 9.90 Å². The third-order valence-electron chi connectivity index (χ3n) is 2.86. The maximum Gasteiger partial charge on any atom is 0.341 e. The summed E-state index contributed by atoms with van der Waals surface area (Å²) in [6, 6.07) is 1.40. The number of aryl methyl sites for hydroxylation is 1. The molecule has 0 fully saturated rings. The molecule has 0 aliphatic heterocycles. The first kappa shape index (κ1) is 15.6. The second-order valence-electron chi connectivity index (χ2n) is 4.80. The summed E-state index contributed by atoms with van der Waals surface area (Å²) in [6.45, 7) is 5.79. The molecule has 21 heavy (non-hydrogen) atoms. The van der Waals surface area contributed by atoms with Crippen LogP contribution in [-0.4, -0.2) is 25.8 Å². The number of carboxylic acid groups (broad SMARTS) is 1. The van der Waals surface area contributed by atoms with Gasteiger partial charge in [0.1, 0.15) is 22.4 Å². The van der Waals surface area contributed by atoms with Crippen LogP contribution in [0.5, 0.6) is 0 Å². The zero-order valence-corrected chi connectivity index (χ0v) is 13.2. The Bertz CT molecular complexity index is 698. The van der Waals surface area contributed by atoms with E-state index in [1.165, 1.54) is 6.07 Å². The molecule has 0 unspecified atom stereocenters. The lowest BCUT2D eigenvalue weighted by Crippen LogP contribution is -2.11. The van der Waals surface area contributed by atoms with Gasteiger partial charge in [0.2, 0.25) is 0 Å². The molecule has 0 bridgehead atoms. The van der Waals surface area contributed by atoms with Crippen molar-refractivity contribution in [2.24, 2.45) is 0 Å². The average Bonchev–Trinajstić information content (AvgIpc) is 2.69. The number of aromatic carboxylic acids is 1. The van der Waals surface area contributed by atoms with Crippen LogP contribution in [0.15, 0.2) is 12.3 Å². The molecular weight excluding hydrogens is 315 g/mol. The molecule has 0 aliphatic carbocycles. The number of hydrogen-bond donors (Lipinski definition) is 2. The molecule has 2 N–H and O–H groups in total. The number of aromatic nitrogens is 3. The molecule has 112 valence electrons. The molecule has 6 nitrogen and oxygen atoms in total. The monoisotopic (exact) mass is 328 g/mol. The van der Waals surface area contributed by atoms with E-state index >= 15 is 0 Å². The van der Waals surface area contributed by atoms with E-state index in [0.29, 0.717) is 5.82 Å². The molecule has 2 rings (SSSR count). The van der Waals surface area contributed by atoms with Crippen LogP contribution in [0.1, 0.15) is 35.8 Å². The molecule has 0 saturated heterocycles. The van der Waals surface area contributed by atoms with Crippen molar-refractivity contribution in [2.75, 3.05) is 5.32 Å². The van der Waals surface area contributed by atoms with Gasteiger partial charge in [0, 0.05) is 11.6 Å². The Morgan fingerprint density at radius 2 is 2.10 bits per heavy atom. The summed E-state index contributed by atoms with van der Waals surface area (Å²) in [5, 5.41) is 16.6. The smallest absolute Gasteiger partial charge is 0.341 e. The van der Waals surface area contributed by atoms with Crippen LogP contribution < -0.4 is 5.32 Å². The maximum atomic E-state index is 11.4. The van der Waals surface area contributed by atoms with Gasteiger partial charge in [-0.2, -0.15) is 5.10 Å². The van der Waals surface area contributed by atoms with E-state index in [2.05, 4.69) is 15.4 Å². The van der Waals surface area contributed by atoms with E-state index in [1.807, 2.05) is 20.8 Å². The Hall–Kier alpha value is -1.79. The minimum atomic E-state index is -1.18. The lowest BCUT2D eigenvalue weighted by molar-refractivity contribution is 0.0698. The van der Waals surface area contributed by atoms with Crippen molar-refractivity contribution in [3.63, 3.8) is 0 Å². The van der Waals surface area contributed by atoms with E-state index in [0.717, 1.165) is 5.56 Å². The fourth-order valence-corrected chi connectivity index (χ4v) is 2.41. The van der Waals surface area contributed by atoms with E-state index in [9.17, 15) is 9.90 Å². The van der Waals surface area contributed by atoms with E-state index in [1.54, 1.807) is 10.9 Å². The van der Waals surface area contributed by atoms with Gasteiger partial charge in [0.15, 0.2) is 0 Å². The molecule has 0 spiro atoms. The van der Waals surface area contributed by atoms with Gasteiger partial charge in [-0.05, 0) is 26.8 Å². The maximum absolute atomic E-state index is 11.4. The van der Waals surface area contributed by atoms with Gasteiger partial charge in [-0.3, -0.25) is 0 Å². The molecule has 0 amide bonds. The number of nitrogens with zero attached hydrogens (tertiary/aromatic N) is 3. The summed E-state index contributed by atoms with van der Waals surface area (Å²) in [4.78, 5) is 15.4. The summed E-state index contributed by atoms with van der Waals surface area (Å²) in [6.07, 6.45) is 1.69. The van der Waals surface area contributed by atoms with Crippen LogP contribution in [0.3, 0.4) is 0 Å².